The van der Waals surface area contributed by atoms with Gasteiger partial charge in [0.15, 0.2) is 5.76 Å². The summed E-state index contributed by atoms with van der Waals surface area (Å²) in [5.41, 5.74) is 0. The lowest BCUT2D eigenvalue weighted by Crippen LogP contribution is -2.54. The van der Waals surface area contributed by atoms with Gasteiger partial charge in [-0.25, -0.2) is 4.79 Å². The first-order valence-corrected chi connectivity index (χ1v) is 8.98. The van der Waals surface area contributed by atoms with Crippen LogP contribution in [0.25, 0.3) is 0 Å². The third-order valence-electron chi connectivity index (χ3n) is 4.35. The summed E-state index contributed by atoms with van der Waals surface area (Å²) < 4.78 is 10.1. The number of amides is 3. The van der Waals surface area contributed by atoms with E-state index in [2.05, 4.69) is 10.6 Å². The Hall–Kier alpha value is -2.51. The largest absolute Gasteiger partial charge is 0.459 e. The molecule has 1 atom stereocenters. The fraction of sp³-hybridized carbons (Fsp3) is 0.611. The van der Waals surface area contributed by atoms with Gasteiger partial charge in [-0.3, -0.25) is 9.59 Å². The molecule has 1 aliphatic heterocycles. The van der Waals surface area contributed by atoms with Crippen molar-refractivity contribution in [2.45, 2.75) is 45.7 Å². The summed E-state index contributed by atoms with van der Waals surface area (Å²) in [5, 5.41) is 5.70. The van der Waals surface area contributed by atoms with Crippen LogP contribution in [0, 0.1) is 5.92 Å². The Kier molecular flexibility index (Phi) is 7.06. The molecule has 2 N–H and O–H groups in total. The molecule has 3 amide bonds. The summed E-state index contributed by atoms with van der Waals surface area (Å²) in [6.07, 6.45) is 2.41. The standard InChI is InChI=1S/C18H27N3O5/c1-4-25-18(24)21-9-7-13(8-10-21)19-17(23)15(12(2)3)20-16(22)14-6-5-11-26-14/h5-6,11-13,15H,4,7-10H2,1-3H3,(H,19,23)(H,20,22)/t15-/m0/s1. The van der Waals surface area contributed by atoms with Gasteiger partial charge in [0.1, 0.15) is 6.04 Å². The molecule has 0 bridgehead atoms. The van der Waals surface area contributed by atoms with Crippen LogP contribution in [0.15, 0.2) is 22.8 Å². The van der Waals surface area contributed by atoms with E-state index in [1.54, 1.807) is 24.0 Å². The molecule has 1 aliphatic rings. The van der Waals surface area contributed by atoms with E-state index in [1.807, 2.05) is 13.8 Å². The lowest BCUT2D eigenvalue weighted by Gasteiger charge is -2.33. The zero-order valence-corrected chi connectivity index (χ0v) is 15.5. The topological polar surface area (TPSA) is 101 Å². The zero-order chi connectivity index (χ0) is 19.1. The Morgan fingerprint density at radius 3 is 2.54 bits per heavy atom. The number of ether oxygens (including phenoxy) is 1. The maximum Gasteiger partial charge on any atom is 0.409 e. The summed E-state index contributed by atoms with van der Waals surface area (Å²) >= 11 is 0. The molecule has 0 radical (unpaired) electrons. The van der Waals surface area contributed by atoms with Gasteiger partial charge in [-0.2, -0.15) is 0 Å². The molecule has 1 fully saturated rings. The fourth-order valence-electron chi connectivity index (χ4n) is 2.87. The van der Waals surface area contributed by atoms with Crippen LogP contribution in [0.2, 0.25) is 0 Å². The van der Waals surface area contributed by atoms with Crippen LogP contribution in [0.3, 0.4) is 0 Å². The highest BCUT2D eigenvalue weighted by molar-refractivity contribution is 5.95. The average Bonchev–Trinajstić information content (AvgIpc) is 3.14. The number of furan rings is 1. The third kappa shape index (κ3) is 5.24. The number of hydrogen-bond acceptors (Lipinski definition) is 5. The Morgan fingerprint density at radius 1 is 1.31 bits per heavy atom. The van der Waals surface area contributed by atoms with Gasteiger partial charge >= 0.3 is 6.09 Å². The van der Waals surface area contributed by atoms with Crippen molar-refractivity contribution in [1.29, 1.82) is 0 Å². The molecule has 144 valence electrons. The first kappa shape index (κ1) is 19.8. The van der Waals surface area contributed by atoms with Gasteiger partial charge in [0.25, 0.3) is 5.91 Å². The molecule has 8 nitrogen and oxygen atoms in total. The van der Waals surface area contributed by atoms with Crippen LogP contribution in [0.1, 0.15) is 44.2 Å². The van der Waals surface area contributed by atoms with E-state index in [1.165, 1.54) is 6.26 Å². The van der Waals surface area contributed by atoms with Crippen molar-refractivity contribution in [2.75, 3.05) is 19.7 Å². The smallest absolute Gasteiger partial charge is 0.409 e. The second-order valence-electron chi connectivity index (χ2n) is 6.64. The van der Waals surface area contributed by atoms with Crippen molar-refractivity contribution in [3.8, 4) is 0 Å². The van der Waals surface area contributed by atoms with Crippen molar-refractivity contribution in [3.63, 3.8) is 0 Å². The molecular formula is C18H27N3O5. The van der Waals surface area contributed by atoms with E-state index in [-0.39, 0.29) is 29.7 Å². The van der Waals surface area contributed by atoms with E-state index < -0.39 is 11.9 Å². The minimum absolute atomic E-state index is 0.0325. The van der Waals surface area contributed by atoms with Crippen LogP contribution < -0.4 is 10.6 Å². The number of hydrogen-bond donors (Lipinski definition) is 2. The zero-order valence-electron chi connectivity index (χ0n) is 15.5. The number of carbonyl (C=O) groups excluding carboxylic acids is 3. The first-order chi connectivity index (χ1) is 12.4. The maximum absolute atomic E-state index is 12.6. The number of piperidine rings is 1. The molecule has 1 aromatic heterocycles. The molecule has 2 heterocycles. The maximum atomic E-state index is 12.6. The van der Waals surface area contributed by atoms with Crippen LogP contribution in [0.5, 0.6) is 0 Å². The molecule has 1 saturated heterocycles. The Morgan fingerprint density at radius 2 is 2.00 bits per heavy atom. The first-order valence-electron chi connectivity index (χ1n) is 8.98. The lowest BCUT2D eigenvalue weighted by atomic mass is 10.0. The van der Waals surface area contributed by atoms with Gasteiger partial charge in [0, 0.05) is 19.1 Å². The minimum Gasteiger partial charge on any atom is -0.459 e. The molecule has 26 heavy (non-hydrogen) atoms. The predicted octanol–water partition coefficient (Wildman–Crippen LogP) is 1.77. The fourth-order valence-corrected chi connectivity index (χ4v) is 2.87. The van der Waals surface area contributed by atoms with Crippen molar-refractivity contribution in [2.24, 2.45) is 5.92 Å². The van der Waals surface area contributed by atoms with Crippen LogP contribution in [-0.2, 0) is 9.53 Å². The van der Waals surface area contributed by atoms with Crippen molar-refractivity contribution >= 4 is 17.9 Å². The van der Waals surface area contributed by atoms with E-state index in [4.69, 9.17) is 9.15 Å². The summed E-state index contributed by atoms with van der Waals surface area (Å²) in [6.45, 7) is 6.94. The van der Waals surface area contributed by atoms with Gasteiger partial charge in [0.05, 0.1) is 12.9 Å². The van der Waals surface area contributed by atoms with Crippen molar-refractivity contribution < 1.29 is 23.5 Å². The monoisotopic (exact) mass is 365 g/mol. The van der Waals surface area contributed by atoms with E-state index in [0.29, 0.717) is 32.5 Å². The predicted molar refractivity (Wildman–Crippen MR) is 94.6 cm³/mol. The van der Waals surface area contributed by atoms with Gasteiger partial charge in [0.2, 0.25) is 5.91 Å². The molecule has 0 unspecified atom stereocenters. The SMILES string of the molecule is CCOC(=O)N1CCC(NC(=O)[C@@H](NC(=O)c2ccco2)C(C)C)CC1. The second-order valence-corrected chi connectivity index (χ2v) is 6.64. The average molecular weight is 365 g/mol. The molecular weight excluding hydrogens is 338 g/mol. The molecule has 0 saturated carbocycles. The Bertz CT molecular complexity index is 606. The highest BCUT2D eigenvalue weighted by atomic mass is 16.6. The number of nitrogens with zero attached hydrogens (tertiary/aromatic N) is 1. The molecule has 8 heteroatoms. The normalized spacial score (nSPS) is 16.2. The molecule has 2 rings (SSSR count). The lowest BCUT2D eigenvalue weighted by molar-refractivity contribution is -0.124. The molecule has 0 aliphatic carbocycles. The third-order valence-corrected chi connectivity index (χ3v) is 4.35. The highest BCUT2D eigenvalue weighted by Crippen LogP contribution is 2.13. The van der Waals surface area contributed by atoms with E-state index in [9.17, 15) is 14.4 Å². The number of rotatable bonds is 6. The van der Waals surface area contributed by atoms with Crippen LogP contribution >= 0.6 is 0 Å². The second kappa shape index (κ2) is 9.26. The highest BCUT2D eigenvalue weighted by Gasteiger charge is 2.29. The van der Waals surface area contributed by atoms with Crippen molar-refractivity contribution in [1.82, 2.24) is 15.5 Å². The summed E-state index contributed by atoms with van der Waals surface area (Å²) in [4.78, 5) is 38.1. The van der Waals surface area contributed by atoms with Gasteiger partial charge < -0.3 is 24.7 Å². The minimum atomic E-state index is -0.657. The number of carbonyl (C=O) groups is 3. The molecule has 0 aromatic carbocycles. The van der Waals surface area contributed by atoms with E-state index >= 15 is 0 Å². The molecule has 0 spiro atoms. The van der Waals surface area contributed by atoms with Crippen LogP contribution in [-0.4, -0.2) is 54.6 Å². The van der Waals surface area contributed by atoms with Gasteiger partial charge in [-0.1, -0.05) is 13.8 Å². The number of nitrogens with one attached hydrogen (secondary N) is 2. The summed E-state index contributed by atoms with van der Waals surface area (Å²) in [6, 6.07) is 2.48. The summed E-state index contributed by atoms with van der Waals surface area (Å²) in [5.74, 6) is -0.546. The van der Waals surface area contributed by atoms with Gasteiger partial charge in [-0.15, -0.1) is 0 Å². The Labute approximate surface area is 153 Å². The quantitative estimate of drug-likeness (QED) is 0.800. The number of likely N-dealkylation sites (tertiary alicyclic amines) is 1. The van der Waals surface area contributed by atoms with Crippen molar-refractivity contribution in [3.05, 3.63) is 24.2 Å². The Balaban J connectivity index is 1.86. The molecule has 1 aromatic rings. The summed E-state index contributed by atoms with van der Waals surface area (Å²) in [7, 11) is 0. The van der Waals surface area contributed by atoms with Gasteiger partial charge in [-0.05, 0) is 37.8 Å². The van der Waals surface area contributed by atoms with E-state index in [0.717, 1.165) is 0 Å². The van der Waals surface area contributed by atoms with Crippen LogP contribution in [0.4, 0.5) is 4.79 Å².